The number of anilines is 1. The Morgan fingerprint density at radius 1 is 1.38 bits per heavy atom. The van der Waals surface area contributed by atoms with E-state index >= 15 is 0 Å². The van der Waals surface area contributed by atoms with E-state index in [4.69, 9.17) is 5.73 Å². The predicted molar refractivity (Wildman–Crippen MR) is 62.7 cm³/mol. The van der Waals surface area contributed by atoms with Crippen LogP contribution in [-0.4, -0.2) is 19.7 Å². The number of aromatic amines is 1. The van der Waals surface area contributed by atoms with Gasteiger partial charge in [-0.25, -0.2) is 4.98 Å². The maximum atomic E-state index is 5.78. The fourth-order valence-corrected chi connectivity index (χ4v) is 1.83. The van der Waals surface area contributed by atoms with Crippen LogP contribution in [0.5, 0.6) is 0 Å². The van der Waals surface area contributed by atoms with Crippen molar-refractivity contribution in [2.45, 2.75) is 0 Å². The van der Waals surface area contributed by atoms with Crippen molar-refractivity contribution in [3.63, 3.8) is 0 Å². The molecule has 80 valence electrons. The van der Waals surface area contributed by atoms with Gasteiger partial charge in [0.05, 0.1) is 23.6 Å². The van der Waals surface area contributed by atoms with E-state index in [1.165, 1.54) is 0 Å². The Bertz CT molecular complexity index is 649. The third-order valence-corrected chi connectivity index (χ3v) is 2.71. The summed E-state index contributed by atoms with van der Waals surface area (Å²) in [5.41, 5.74) is 9.77. The van der Waals surface area contributed by atoms with Gasteiger partial charge in [0.25, 0.3) is 0 Å². The van der Waals surface area contributed by atoms with Gasteiger partial charge in [0.15, 0.2) is 0 Å². The van der Waals surface area contributed by atoms with Gasteiger partial charge in [-0.1, -0.05) is 6.07 Å². The van der Waals surface area contributed by atoms with E-state index in [9.17, 15) is 0 Å². The molecular weight excluding hydrogens is 202 g/mol. The standard InChI is InChI=1S/C11H11N5/c1-16-6-13-9-4-7(2-3-10(9)16)8-5-14-15-11(8)12/h2-6H,1H3,(H3,12,14,15). The Balaban J connectivity index is 2.23. The molecule has 0 saturated carbocycles. The summed E-state index contributed by atoms with van der Waals surface area (Å²) >= 11 is 0. The van der Waals surface area contributed by atoms with E-state index in [2.05, 4.69) is 15.2 Å². The van der Waals surface area contributed by atoms with Crippen molar-refractivity contribution in [2.24, 2.45) is 7.05 Å². The second-order valence-corrected chi connectivity index (χ2v) is 3.76. The van der Waals surface area contributed by atoms with Crippen LogP contribution in [0.3, 0.4) is 0 Å². The van der Waals surface area contributed by atoms with Crippen LogP contribution in [0, 0.1) is 0 Å². The third kappa shape index (κ3) is 1.18. The maximum Gasteiger partial charge on any atom is 0.126 e. The molecule has 0 fully saturated rings. The van der Waals surface area contributed by atoms with Crippen LogP contribution in [0.4, 0.5) is 5.82 Å². The quantitative estimate of drug-likeness (QED) is 0.644. The van der Waals surface area contributed by atoms with Gasteiger partial charge < -0.3 is 10.3 Å². The number of fused-ring (bicyclic) bond motifs is 1. The van der Waals surface area contributed by atoms with Crippen LogP contribution in [0.1, 0.15) is 0 Å². The Hall–Kier alpha value is -2.30. The van der Waals surface area contributed by atoms with E-state index < -0.39 is 0 Å². The second-order valence-electron chi connectivity index (χ2n) is 3.76. The van der Waals surface area contributed by atoms with Crippen LogP contribution in [0.15, 0.2) is 30.7 Å². The summed E-state index contributed by atoms with van der Waals surface area (Å²) in [4.78, 5) is 4.31. The van der Waals surface area contributed by atoms with Crippen molar-refractivity contribution in [3.05, 3.63) is 30.7 Å². The second kappa shape index (κ2) is 3.10. The number of benzene rings is 1. The number of hydrogen-bond donors (Lipinski definition) is 2. The highest BCUT2D eigenvalue weighted by molar-refractivity contribution is 5.84. The Kier molecular flexibility index (Phi) is 1.73. The molecule has 5 heteroatoms. The fraction of sp³-hybridized carbons (Fsp3) is 0.0909. The summed E-state index contributed by atoms with van der Waals surface area (Å²) in [6, 6.07) is 6.06. The molecule has 2 heterocycles. The zero-order valence-electron chi connectivity index (χ0n) is 8.81. The van der Waals surface area contributed by atoms with Crippen molar-refractivity contribution in [2.75, 3.05) is 5.73 Å². The van der Waals surface area contributed by atoms with Crippen molar-refractivity contribution in [1.29, 1.82) is 0 Å². The molecule has 0 unspecified atom stereocenters. The van der Waals surface area contributed by atoms with Gasteiger partial charge in [-0.2, -0.15) is 5.10 Å². The number of nitrogens with zero attached hydrogens (tertiary/aromatic N) is 3. The van der Waals surface area contributed by atoms with E-state index in [0.717, 1.165) is 22.2 Å². The van der Waals surface area contributed by atoms with Crippen molar-refractivity contribution >= 4 is 16.9 Å². The first kappa shape index (κ1) is 8.96. The van der Waals surface area contributed by atoms with E-state index in [1.807, 2.05) is 29.8 Å². The summed E-state index contributed by atoms with van der Waals surface area (Å²) in [5, 5.41) is 6.63. The zero-order chi connectivity index (χ0) is 11.1. The number of H-pyrrole nitrogens is 1. The average Bonchev–Trinajstić information content (AvgIpc) is 2.86. The van der Waals surface area contributed by atoms with Gasteiger partial charge in [-0.15, -0.1) is 0 Å². The van der Waals surface area contributed by atoms with Crippen molar-refractivity contribution in [3.8, 4) is 11.1 Å². The minimum absolute atomic E-state index is 0.579. The summed E-state index contributed by atoms with van der Waals surface area (Å²) in [6.45, 7) is 0. The van der Waals surface area contributed by atoms with E-state index in [-0.39, 0.29) is 0 Å². The molecule has 0 bridgehead atoms. The molecule has 1 aromatic carbocycles. The van der Waals surface area contributed by atoms with E-state index in [1.54, 1.807) is 12.5 Å². The molecule has 0 saturated heterocycles. The number of rotatable bonds is 1. The minimum Gasteiger partial charge on any atom is -0.384 e. The third-order valence-electron chi connectivity index (χ3n) is 2.71. The van der Waals surface area contributed by atoms with E-state index in [0.29, 0.717) is 5.82 Å². The predicted octanol–water partition coefficient (Wildman–Crippen LogP) is 1.55. The lowest BCUT2D eigenvalue weighted by Crippen LogP contribution is -1.88. The van der Waals surface area contributed by atoms with Gasteiger partial charge >= 0.3 is 0 Å². The zero-order valence-corrected chi connectivity index (χ0v) is 8.81. The molecular formula is C11H11N5. The molecule has 0 radical (unpaired) electrons. The number of aryl methyl sites for hydroxylation is 1. The Morgan fingerprint density at radius 2 is 2.25 bits per heavy atom. The molecule has 0 aliphatic rings. The fourth-order valence-electron chi connectivity index (χ4n) is 1.83. The summed E-state index contributed by atoms with van der Waals surface area (Å²) in [6.07, 6.45) is 3.52. The topological polar surface area (TPSA) is 72.5 Å². The smallest absolute Gasteiger partial charge is 0.126 e. The number of nitrogens with one attached hydrogen (secondary N) is 1. The lowest BCUT2D eigenvalue weighted by Gasteiger charge is -2.00. The Morgan fingerprint density at radius 3 is 3.00 bits per heavy atom. The molecule has 5 nitrogen and oxygen atoms in total. The maximum absolute atomic E-state index is 5.78. The van der Waals surface area contributed by atoms with Gasteiger partial charge in [-0.3, -0.25) is 5.10 Å². The highest BCUT2D eigenvalue weighted by Gasteiger charge is 2.06. The SMILES string of the molecule is Cn1cnc2cc(-c3cn[nH]c3N)ccc21. The molecule has 16 heavy (non-hydrogen) atoms. The Labute approximate surface area is 91.9 Å². The summed E-state index contributed by atoms with van der Waals surface area (Å²) < 4.78 is 1.98. The van der Waals surface area contributed by atoms with Gasteiger partial charge in [0.2, 0.25) is 0 Å². The molecule has 3 aromatic rings. The molecule has 0 aliphatic heterocycles. The normalized spacial score (nSPS) is 11.1. The minimum atomic E-state index is 0.579. The highest BCUT2D eigenvalue weighted by atomic mass is 15.1. The molecule has 3 N–H and O–H groups in total. The summed E-state index contributed by atoms with van der Waals surface area (Å²) in [7, 11) is 1.97. The number of nitrogens with two attached hydrogens (primary N) is 1. The molecule has 0 aliphatic carbocycles. The molecule has 0 atom stereocenters. The lowest BCUT2D eigenvalue weighted by molar-refractivity contribution is 0.948. The molecule has 3 rings (SSSR count). The molecule has 0 spiro atoms. The lowest BCUT2D eigenvalue weighted by atomic mass is 10.1. The van der Waals surface area contributed by atoms with Crippen LogP contribution >= 0.6 is 0 Å². The van der Waals surface area contributed by atoms with Crippen molar-refractivity contribution in [1.82, 2.24) is 19.7 Å². The van der Waals surface area contributed by atoms with Gasteiger partial charge in [0.1, 0.15) is 5.82 Å². The molecule has 2 aromatic heterocycles. The first-order chi connectivity index (χ1) is 7.75. The number of imidazole rings is 1. The first-order valence-electron chi connectivity index (χ1n) is 4.96. The van der Waals surface area contributed by atoms with Crippen LogP contribution in [0.2, 0.25) is 0 Å². The van der Waals surface area contributed by atoms with Crippen LogP contribution in [0.25, 0.3) is 22.2 Å². The van der Waals surface area contributed by atoms with Crippen LogP contribution in [-0.2, 0) is 7.05 Å². The average molecular weight is 213 g/mol. The number of nitrogen functional groups attached to an aromatic ring is 1. The summed E-state index contributed by atoms with van der Waals surface area (Å²) in [5.74, 6) is 0.579. The monoisotopic (exact) mass is 213 g/mol. The van der Waals surface area contributed by atoms with Crippen LogP contribution < -0.4 is 5.73 Å². The highest BCUT2D eigenvalue weighted by Crippen LogP contribution is 2.26. The van der Waals surface area contributed by atoms with Crippen molar-refractivity contribution < 1.29 is 0 Å². The molecule has 0 amide bonds. The van der Waals surface area contributed by atoms with Gasteiger partial charge in [-0.05, 0) is 17.7 Å². The number of aromatic nitrogens is 4. The number of hydrogen-bond acceptors (Lipinski definition) is 3. The van der Waals surface area contributed by atoms with Gasteiger partial charge in [0, 0.05) is 12.6 Å². The largest absolute Gasteiger partial charge is 0.384 e. The first-order valence-corrected chi connectivity index (χ1v) is 4.96.